The maximum absolute atomic E-state index is 13.2. The van der Waals surface area contributed by atoms with Crippen LogP contribution in [-0.4, -0.2) is 49.8 Å². The lowest BCUT2D eigenvalue weighted by molar-refractivity contribution is -0.122. The van der Waals surface area contributed by atoms with Crippen LogP contribution in [0.4, 0.5) is 11.6 Å². The number of thiocarbonyl (C=S) groups is 1. The highest BCUT2D eigenvalue weighted by Crippen LogP contribution is 2.33. The zero-order valence-corrected chi connectivity index (χ0v) is 19.1. The second-order valence-corrected chi connectivity index (χ2v) is 8.03. The fraction of sp³-hybridized carbons (Fsp3) is 0.286. The third-order valence-electron chi connectivity index (χ3n) is 4.76. The van der Waals surface area contributed by atoms with Crippen LogP contribution in [0.25, 0.3) is 6.08 Å². The lowest BCUT2D eigenvalue weighted by atomic mass is 10.1. The summed E-state index contributed by atoms with van der Waals surface area (Å²) in [6.07, 6.45) is 1.42. The fourth-order valence-electron chi connectivity index (χ4n) is 3.34. The minimum atomic E-state index is -0.576. The molecule has 1 N–H and O–H groups in total. The van der Waals surface area contributed by atoms with Gasteiger partial charge in [-0.1, -0.05) is 6.07 Å². The summed E-state index contributed by atoms with van der Waals surface area (Å²) >= 11 is 8.75. The third kappa shape index (κ3) is 4.51. The lowest BCUT2D eigenvalue weighted by Gasteiger charge is -2.29. The number of anilines is 2. The van der Waals surface area contributed by atoms with Gasteiger partial charge in [0.2, 0.25) is 5.88 Å². The van der Waals surface area contributed by atoms with Gasteiger partial charge in [-0.2, -0.15) is 0 Å². The quantitative estimate of drug-likeness (QED) is 0.379. The van der Waals surface area contributed by atoms with Crippen LogP contribution in [0, 0.1) is 0 Å². The molecule has 2 fully saturated rings. The van der Waals surface area contributed by atoms with Gasteiger partial charge in [-0.3, -0.25) is 19.8 Å². The molecule has 0 bridgehead atoms. The molecule has 0 unspecified atom stereocenters. The number of carbonyl (C=O) groups excluding carboxylic acids is 2. The van der Waals surface area contributed by atoms with Gasteiger partial charge in [0.25, 0.3) is 11.8 Å². The van der Waals surface area contributed by atoms with Crippen LogP contribution in [0.1, 0.15) is 12.7 Å². The van der Waals surface area contributed by atoms with Gasteiger partial charge >= 0.3 is 0 Å². The maximum atomic E-state index is 13.2. The monoisotopic (exact) mass is 505 g/mol. The van der Waals surface area contributed by atoms with Gasteiger partial charge in [0.1, 0.15) is 17.1 Å². The number of benzene rings is 1. The van der Waals surface area contributed by atoms with Crippen LogP contribution in [-0.2, 0) is 14.3 Å². The van der Waals surface area contributed by atoms with E-state index in [-0.39, 0.29) is 10.7 Å². The van der Waals surface area contributed by atoms with Gasteiger partial charge in [0.15, 0.2) is 5.11 Å². The number of amides is 2. The average molecular weight is 506 g/mol. The van der Waals surface area contributed by atoms with Crippen molar-refractivity contribution in [1.82, 2.24) is 5.32 Å². The molecule has 10 heteroatoms. The first-order chi connectivity index (χ1) is 15.0. The Morgan fingerprint density at radius 3 is 2.77 bits per heavy atom. The number of furan rings is 1. The molecule has 1 aromatic heterocycles. The van der Waals surface area contributed by atoms with E-state index in [2.05, 4.69) is 21.2 Å². The molecule has 0 aliphatic carbocycles. The number of halogens is 1. The van der Waals surface area contributed by atoms with Crippen molar-refractivity contribution < 1.29 is 23.5 Å². The number of carbonyl (C=O) groups is 2. The molecule has 0 atom stereocenters. The molecular weight excluding hydrogens is 486 g/mol. The smallest absolute Gasteiger partial charge is 0.270 e. The van der Waals surface area contributed by atoms with Crippen LogP contribution < -0.4 is 19.9 Å². The molecule has 162 valence electrons. The van der Waals surface area contributed by atoms with Gasteiger partial charge in [0.05, 0.1) is 30.0 Å². The number of morpholine rings is 1. The number of hydrogen-bond acceptors (Lipinski definition) is 7. The molecule has 2 amide bonds. The zero-order chi connectivity index (χ0) is 22.0. The predicted molar refractivity (Wildman–Crippen MR) is 123 cm³/mol. The standard InChI is InChI=1S/C21H20BrN3O5S/c1-2-29-14-5-3-4-13(10-14)25-19(27)16(18(26)23-21(25)31)11-15-12-17(22)20(30-15)24-6-8-28-9-7-24/h3-5,10-12H,2,6-9H2,1H3,(H,23,26,31)/b16-11+. The summed E-state index contributed by atoms with van der Waals surface area (Å²) in [7, 11) is 0. The Hall–Kier alpha value is -2.69. The SMILES string of the molecule is CCOc1cccc(N2C(=O)/C(=C/c3cc(Br)c(N4CCOCC4)o3)C(=O)NC2=S)c1. The van der Waals surface area contributed by atoms with Gasteiger partial charge in [-0.05, 0) is 53.3 Å². The zero-order valence-electron chi connectivity index (χ0n) is 16.7. The highest BCUT2D eigenvalue weighted by Gasteiger charge is 2.35. The number of nitrogens with one attached hydrogen (secondary N) is 1. The van der Waals surface area contributed by atoms with E-state index in [0.717, 1.165) is 4.47 Å². The molecule has 2 aromatic rings. The molecule has 0 spiro atoms. The lowest BCUT2D eigenvalue weighted by Crippen LogP contribution is -2.54. The molecule has 4 rings (SSSR count). The van der Waals surface area contributed by atoms with E-state index >= 15 is 0 Å². The molecule has 3 heterocycles. The molecule has 8 nitrogen and oxygen atoms in total. The summed E-state index contributed by atoms with van der Waals surface area (Å²) in [6, 6.07) is 8.69. The molecule has 0 saturated carbocycles. The molecule has 31 heavy (non-hydrogen) atoms. The predicted octanol–water partition coefficient (Wildman–Crippen LogP) is 3.11. The second-order valence-electron chi connectivity index (χ2n) is 6.79. The third-order valence-corrected chi connectivity index (χ3v) is 5.61. The van der Waals surface area contributed by atoms with Crippen molar-refractivity contribution in [1.29, 1.82) is 0 Å². The topological polar surface area (TPSA) is 84.2 Å². The van der Waals surface area contributed by atoms with Crippen LogP contribution in [0.5, 0.6) is 5.75 Å². The van der Waals surface area contributed by atoms with Crippen LogP contribution in [0.3, 0.4) is 0 Å². The first-order valence-corrected chi connectivity index (χ1v) is 10.9. The van der Waals surface area contributed by atoms with Crippen molar-refractivity contribution in [2.75, 3.05) is 42.7 Å². The minimum absolute atomic E-state index is 0.00966. The highest BCUT2D eigenvalue weighted by molar-refractivity contribution is 9.10. The number of nitrogens with zero attached hydrogens (tertiary/aromatic N) is 2. The summed E-state index contributed by atoms with van der Waals surface area (Å²) < 4.78 is 17.5. The average Bonchev–Trinajstić information content (AvgIpc) is 3.12. The van der Waals surface area contributed by atoms with Crippen molar-refractivity contribution in [3.05, 3.63) is 46.1 Å². The van der Waals surface area contributed by atoms with Gasteiger partial charge in [-0.25, -0.2) is 0 Å². The number of ether oxygens (including phenoxy) is 2. The van der Waals surface area contributed by atoms with E-state index in [1.54, 1.807) is 30.3 Å². The minimum Gasteiger partial charge on any atom is -0.494 e. The summed E-state index contributed by atoms with van der Waals surface area (Å²) in [4.78, 5) is 29.1. The second kappa shape index (κ2) is 9.21. The molecule has 2 aliphatic heterocycles. The van der Waals surface area contributed by atoms with Crippen molar-refractivity contribution in [3.63, 3.8) is 0 Å². The summed E-state index contributed by atoms with van der Waals surface area (Å²) in [5, 5.41) is 2.58. The Kier molecular flexibility index (Phi) is 6.40. The van der Waals surface area contributed by atoms with E-state index in [1.807, 2.05) is 11.8 Å². The van der Waals surface area contributed by atoms with E-state index in [0.29, 0.717) is 56.0 Å². The van der Waals surface area contributed by atoms with Gasteiger partial charge in [0, 0.05) is 25.2 Å². The molecule has 2 saturated heterocycles. The maximum Gasteiger partial charge on any atom is 0.270 e. The first kappa shape index (κ1) is 21.5. The fourth-order valence-corrected chi connectivity index (χ4v) is 4.18. The summed E-state index contributed by atoms with van der Waals surface area (Å²) in [5.74, 6) is 0.497. The van der Waals surface area contributed by atoms with E-state index in [4.69, 9.17) is 26.1 Å². The Bertz CT molecular complexity index is 1060. The first-order valence-electron chi connectivity index (χ1n) is 9.74. The van der Waals surface area contributed by atoms with E-state index in [1.165, 1.54) is 11.0 Å². The van der Waals surface area contributed by atoms with Crippen molar-refractivity contribution in [2.45, 2.75) is 6.92 Å². The van der Waals surface area contributed by atoms with Crippen molar-refractivity contribution in [2.24, 2.45) is 0 Å². The van der Waals surface area contributed by atoms with Crippen molar-refractivity contribution >= 4 is 62.7 Å². The summed E-state index contributed by atoms with van der Waals surface area (Å²) in [6.45, 7) is 4.97. The Morgan fingerprint density at radius 1 is 1.26 bits per heavy atom. The van der Waals surface area contributed by atoms with Crippen LogP contribution in [0.2, 0.25) is 0 Å². The molecule has 0 radical (unpaired) electrons. The van der Waals surface area contributed by atoms with Gasteiger partial charge in [-0.15, -0.1) is 0 Å². The Labute approximate surface area is 192 Å². The highest BCUT2D eigenvalue weighted by atomic mass is 79.9. The molecule has 1 aromatic carbocycles. The largest absolute Gasteiger partial charge is 0.494 e. The number of hydrogen-bond donors (Lipinski definition) is 1. The van der Waals surface area contributed by atoms with Crippen LogP contribution in [0.15, 0.2) is 44.8 Å². The van der Waals surface area contributed by atoms with E-state index < -0.39 is 11.8 Å². The van der Waals surface area contributed by atoms with Gasteiger partial charge < -0.3 is 18.8 Å². The number of rotatable bonds is 5. The normalized spacial score (nSPS) is 18.5. The molecule has 2 aliphatic rings. The molecular formula is C21H20BrN3O5S. The van der Waals surface area contributed by atoms with Crippen LogP contribution >= 0.6 is 28.1 Å². The Morgan fingerprint density at radius 2 is 2.03 bits per heavy atom. The Balaban J connectivity index is 1.64. The summed E-state index contributed by atoms with van der Waals surface area (Å²) in [5.41, 5.74) is 0.423. The van der Waals surface area contributed by atoms with Crippen molar-refractivity contribution in [3.8, 4) is 5.75 Å². The van der Waals surface area contributed by atoms with E-state index in [9.17, 15) is 9.59 Å².